The van der Waals surface area contributed by atoms with Crippen molar-refractivity contribution >= 4 is 11.7 Å². The maximum atomic E-state index is 12.0. The number of anilines is 1. The second kappa shape index (κ2) is 7.05. The minimum absolute atomic E-state index is 0.250. The molecule has 5 nitrogen and oxygen atoms in total. The average molecular weight is 312 g/mol. The molecule has 2 aromatic rings. The number of carbonyl (C=O) groups excluding carboxylic acids is 1. The highest BCUT2D eigenvalue weighted by Gasteiger charge is 2.11. The Kier molecular flexibility index (Phi) is 4.66. The van der Waals surface area contributed by atoms with Gasteiger partial charge in [-0.2, -0.15) is 0 Å². The number of benzene rings is 2. The molecule has 1 aliphatic rings. The zero-order chi connectivity index (χ0) is 16.1. The molecule has 2 aromatic carbocycles. The zero-order valence-electron chi connectivity index (χ0n) is 13.1. The molecule has 23 heavy (non-hydrogen) atoms. The van der Waals surface area contributed by atoms with Gasteiger partial charge in [-0.3, -0.25) is 0 Å². The van der Waals surface area contributed by atoms with Gasteiger partial charge >= 0.3 is 6.03 Å². The van der Waals surface area contributed by atoms with Crippen molar-refractivity contribution in [3.63, 3.8) is 0 Å². The Morgan fingerprint density at radius 2 is 1.78 bits per heavy atom. The molecule has 0 radical (unpaired) electrons. The van der Waals surface area contributed by atoms with Crippen LogP contribution in [-0.2, 0) is 6.54 Å². The van der Waals surface area contributed by atoms with Crippen LogP contribution < -0.4 is 20.1 Å². The lowest BCUT2D eigenvalue weighted by atomic mass is 10.1. The summed E-state index contributed by atoms with van der Waals surface area (Å²) in [5.74, 6) is 1.38. The fourth-order valence-electron chi connectivity index (χ4n) is 2.30. The van der Waals surface area contributed by atoms with E-state index in [4.69, 9.17) is 9.47 Å². The predicted octanol–water partition coefficient (Wildman–Crippen LogP) is 3.48. The smallest absolute Gasteiger partial charge is 0.319 e. The van der Waals surface area contributed by atoms with Crippen LogP contribution in [0.3, 0.4) is 0 Å². The van der Waals surface area contributed by atoms with E-state index in [1.807, 2.05) is 37.3 Å². The summed E-state index contributed by atoms with van der Waals surface area (Å²) in [6, 6.07) is 13.2. The Labute approximate surface area is 135 Å². The molecule has 2 amide bonds. The van der Waals surface area contributed by atoms with Crippen molar-refractivity contribution in [1.29, 1.82) is 0 Å². The van der Waals surface area contributed by atoms with Crippen LogP contribution in [-0.4, -0.2) is 19.2 Å². The van der Waals surface area contributed by atoms with E-state index in [1.54, 1.807) is 12.1 Å². The molecule has 120 valence electrons. The van der Waals surface area contributed by atoms with Gasteiger partial charge in [-0.25, -0.2) is 4.79 Å². The predicted molar refractivity (Wildman–Crippen MR) is 89.1 cm³/mol. The molecule has 0 fully saturated rings. The van der Waals surface area contributed by atoms with Gasteiger partial charge in [0.15, 0.2) is 11.5 Å². The third-order valence-electron chi connectivity index (χ3n) is 3.58. The van der Waals surface area contributed by atoms with Crippen LogP contribution in [0.4, 0.5) is 10.5 Å². The molecule has 0 aliphatic carbocycles. The molecule has 1 aliphatic heterocycles. The van der Waals surface area contributed by atoms with E-state index in [-0.39, 0.29) is 6.03 Å². The molecular formula is C18H20N2O3. The minimum atomic E-state index is -0.250. The van der Waals surface area contributed by atoms with Gasteiger partial charge in [-0.15, -0.1) is 0 Å². The Hall–Kier alpha value is -2.69. The molecule has 0 spiro atoms. The zero-order valence-corrected chi connectivity index (χ0v) is 13.1. The lowest BCUT2D eigenvalue weighted by Gasteiger charge is -2.11. The Morgan fingerprint density at radius 3 is 2.57 bits per heavy atom. The Bertz CT molecular complexity index is 683. The number of ether oxygens (including phenoxy) is 2. The Balaban J connectivity index is 1.57. The minimum Gasteiger partial charge on any atom is -0.490 e. The van der Waals surface area contributed by atoms with Gasteiger partial charge in [0.25, 0.3) is 0 Å². The molecule has 1 heterocycles. The SMILES string of the molecule is Cc1ccc(CNC(=O)Nc2ccc3c(c2)OCCCO3)cc1. The molecule has 5 heteroatoms. The first-order chi connectivity index (χ1) is 11.2. The highest BCUT2D eigenvalue weighted by Crippen LogP contribution is 2.32. The van der Waals surface area contributed by atoms with Crippen LogP contribution in [0, 0.1) is 6.92 Å². The summed E-state index contributed by atoms with van der Waals surface area (Å²) in [5.41, 5.74) is 2.94. The molecule has 0 unspecified atom stereocenters. The number of hydrogen-bond donors (Lipinski definition) is 2. The first kappa shape index (κ1) is 15.2. The summed E-state index contributed by atoms with van der Waals surface area (Å²) in [6.07, 6.45) is 0.856. The van der Waals surface area contributed by atoms with E-state index in [1.165, 1.54) is 5.56 Å². The van der Waals surface area contributed by atoms with Crippen LogP contribution in [0.25, 0.3) is 0 Å². The van der Waals surface area contributed by atoms with Crippen molar-refractivity contribution in [2.24, 2.45) is 0 Å². The molecule has 0 atom stereocenters. The van der Waals surface area contributed by atoms with Crippen molar-refractivity contribution < 1.29 is 14.3 Å². The molecular weight excluding hydrogens is 292 g/mol. The van der Waals surface area contributed by atoms with Crippen molar-refractivity contribution in [2.75, 3.05) is 18.5 Å². The van der Waals surface area contributed by atoms with Crippen LogP contribution in [0.5, 0.6) is 11.5 Å². The largest absolute Gasteiger partial charge is 0.490 e. The normalized spacial score (nSPS) is 13.1. The van der Waals surface area contributed by atoms with Gasteiger partial charge in [0.1, 0.15) is 0 Å². The first-order valence-corrected chi connectivity index (χ1v) is 7.71. The maximum Gasteiger partial charge on any atom is 0.319 e. The number of carbonyl (C=O) groups is 1. The second-order valence-electron chi connectivity index (χ2n) is 5.51. The fraction of sp³-hybridized carbons (Fsp3) is 0.278. The van der Waals surface area contributed by atoms with E-state index in [9.17, 15) is 4.79 Å². The quantitative estimate of drug-likeness (QED) is 0.912. The third-order valence-corrected chi connectivity index (χ3v) is 3.58. The Morgan fingerprint density at radius 1 is 1.04 bits per heavy atom. The molecule has 0 aromatic heterocycles. The van der Waals surface area contributed by atoms with Crippen molar-refractivity contribution in [3.05, 3.63) is 53.6 Å². The first-order valence-electron chi connectivity index (χ1n) is 7.71. The highest BCUT2D eigenvalue weighted by molar-refractivity contribution is 5.89. The van der Waals surface area contributed by atoms with E-state index >= 15 is 0 Å². The standard InChI is InChI=1S/C18H20N2O3/c1-13-3-5-14(6-4-13)12-19-18(21)20-15-7-8-16-17(11-15)23-10-2-9-22-16/h3-8,11H,2,9-10,12H2,1H3,(H2,19,20,21). The van der Waals surface area contributed by atoms with Crippen molar-refractivity contribution in [2.45, 2.75) is 19.9 Å². The lowest BCUT2D eigenvalue weighted by molar-refractivity contribution is 0.251. The van der Waals surface area contributed by atoms with Gasteiger partial charge in [-0.1, -0.05) is 29.8 Å². The fourth-order valence-corrected chi connectivity index (χ4v) is 2.30. The van der Waals surface area contributed by atoms with Gasteiger partial charge < -0.3 is 20.1 Å². The molecule has 2 N–H and O–H groups in total. The summed E-state index contributed by atoms with van der Waals surface area (Å²) in [7, 11) is 0. The summed E-state index contributed by atoms with van der Waals surface area (Å²) in [5, 5.41) is 5.65. The number of rotatable bonds is 3. The molecule has 3 rings (SSSR count). The summed E-state index contributed by atoms with van der Waals surface area (Å²) < 4.78 is 11.2. The maximum absolute atomic E-state index is 12.0. The average Bonchev–Trinajstić information content (AvgIpc) is 2.79. The second-order valence-corrected chi connectivity index (χ2v) is 5.51. The summed E-state index contributed by atoms with van der Waals surface area (Å²) in [4.78, 5) is 12.0. The number of fused-ring (bicyclic) bond motifs is 1. The van der Waals surface area contributed by atoms with Gasteiger partial charge in [0.05, 0.1) is 13.2 Å². The molecule has 0 bridgehead atoms. The lowest BCUT2D eigenvalue weighted by Crippen LogP contribution is -2.28. The van der Waals surface area contributed by atoms with Crippen LogP contribution in [0.2, 0.25) is 0 Å². The molecule has 0 saturated carbocycles. The monoisotopic (exact) mass is 312 g/mol. The number of aryl methyl sites for hydroxylation is 1. The summed E-state index contributed by atoms with van der Waals surface area (Å²) in [6.45, 7) is 3.79. The number of urea groups is 1. The van der Waals surface area contributed by atoms with E-state index in [2.05, 4.69) is 10.6 Å². The third kappa shape index (κ3) is 4.16. The van der Waals surface area contributed by atoms with Crippen LogP contribution >= 0.6 is 0 Å². The topological polar surface area (TPSA) is 59.6 Å². The van der Waals surface area contributed by atoms with Gasteiger partial charge in [0.2, 0.25) is 0 Å². The van der Waals surface area contributed by atoms with Crippen molar-refractivity contribution in [3.8, 4) is 11.5 Å². The van der Waals surface area contributed by atoms with Crippen LogP contribution in [0.15, 0.2) is 42.5 Å². The molecule has 0 saturated heterocycles. The number of hydrogen-bond acceptors (Lipinski definition) is 3. The highest BCUT2D eigenvalue weighted by atomic mass is 16.5. The number of amides is 2. The van der Waals surface area contributed by atoms with Gasteiger partial charge in [-0.05, 0) is 24.6 Å². The summed E-state index contributed by atoms with van der Waals surface area (Å²) >= 11 is 0. The van der Waals surface area contributed by atoms with Crippen molar-refractivity contribution in [1.82, 2.24) is 5.32 Å². The van der Waals surface area contributed by atoms with Crippen LogP contribution in [0.1, 0.15) is 17.5 Å². The van der Waals surface area contributed by atoms with E-state index in [0.29, 0.717) is 36.9 Å². The van der Waals surface area contributed by atoms with Gasteiger partial charge in [0, 0.05) is 24.7 Å². The van der Waals surface area contributed by atoms with E-state index in [0.717, 1.165) is 12.0 Å². The number of nitrogens with one attached hydrogen (secondary N) is 2. The van der Waals surface area contributed by atoms with E-state index < -0.39 is 0 Å².